The van der Waals surface area contributed by atoms with Gasteiger partial charge in [-0.05, 0) is 17.5 Å². The van der Waals surface area contributed by atoms with Gasteiger partial charge in [0.05, 0.1) is 12.7 Å². The van der Waals surface area contributed by atoms with E-state index >= 15 is 0 Å². The summed E-state index contributed by atoms with van der Waals surface area (Å²) in [7, 11) is 1.76. The van der Waals surface area contributed by atoms with Crippen molar-refractivity contribution in [2.75, 3.05) is 66.1 Å². The van der Waals surface area contributed by atoms with Crippen molar-refractivity contribution >= 4 is 0 Å². The Morgan fingerprint density at radius 3 is 2.38 bits per heavy atom. The van der Waals surface area contributed by atoms with E-state index in [1.807, 2.05) is 0 Å². The van der Waals surface area contributed by atoms with Crippen LogP contribution in [0, 0.1) is 0 Å². The zero-order chi connectivity index (χ0) is 16.8. The van der Waals surface area contributed by atoms with Crippen LogP contribution in [0.25, 0.3) is 0 Å². The van der Waals surface area contributed by atoms with Crippen LogP contribution >= 0.6 is 0 Å². The Morgan fingerprint density at radius 1 is 0.958 bits per heavy atom. The summed E-state index contributed by atoms with van der Waals surface area (Å²) in [5.41, 5.74) is 2.89. The number of β-amino-alcohol motifs (C(OH)–C–C–N with tert-alkyl or cyclic N) is 1. The van der Waals surface area contributed by atoms with Crippen molar-refractivity contribution in [3.8, 4) is 0 Å². The number of fused-ring (bicyclic) bond motifs is 1. The Labute approximate surface area is 145 Å². The van der Waals surface area contributed by atoms with Crippen LogP contribution in [0.15, 0.2) is 24.3 Å². The summed E-state index contributed by atoms with van der Waals surface area (Å²) in [4.78, 5) is 7.22. The van der Waals surface area contributed by atoms with E-state index in [0.717, 1.165) is 71.9 Å². The Bertz CT molecular complexity index is 503. The van der Waals surface area contributed by atoms with Gasteiger partial charge in [-0.25, -0.2) is 0 Å². The summed E-state index contributed by atoms with van der Waals surface area (Å²) in [6, 6.07) is 8.68. The van der Waals surface area contributed by atoms with Gasteiger partial charge in [0.1, 0.15) is 0 Å². The Kier molecular flexibility index (Phi) is 6.63. The zero-order valence-electron chi connectivity index (χ0n) is 14.9. The minimum absolute atomic E-state index is 0.263. The molecule has 2 aliphatic heterocycles. The molecule has 1 atom stereocenters. The van der Waals surface area contributed by atoms with E-state index in [0.29, 0.717) is 0 Å². The molecule has 2 heterocycles. The van der Waals surface area contributed by atoms with Crippen LogP contribution in [0.1, 0.15) is 11.1 Å². The molecule has 5 nitrogen and oxygen atoms in total. The number of benzene rings is 1. The van der Waals surface area contributed by atoms with Crippen LogP contribution < -0.4 is 0 Å². The van der Waals surface area contributed by atoms with E-state index in [1.54, 1.807) is 7.11 Å². The standard InChI is InChI=1S/C19H31N3O2/c1-24-13-12-20-8-10-21(11-9-20)15-19(23)16-22-7-6-17-4-2-3-5-18(17)14-22/h2-5,19,23H,6-16H2,1H3/t19-/m0/s1. The molecule has 5 heteroatoms. The van der Waals surface area contributed by atoms with Gasteiger partial charge in [0.25, 0.3) is 0 Å². The molecule has 1 aromatic carbocycles. The second-order valence-electron chi connectivity index (χ2n) is 7.04. The van der Waals surface area contributed by atoms with Crippen molar-refractivity contribution in [3.05, 3.63) is 35.4 Å². The Balaban J connectivity index is 1.38. The maximum absolute atomic E-state index is 10.5. The van der Waals surface area contributed by atoms with Crippen LogP contribution in [0.3, 0.4) is 0 Å². The number of hydrogen-bond donors (Lipinski definition) is 1. The van der Waals surface area contributed by atoms with Gasteiger partial charge in [-0.1, -0.05) is 24.3 Å². The molecule has 0 radical (unpaired) electrons. The molecule has 2 aliphatic rings. The maximum atomic E-state index is 10.5. The van der Waals surface area contributed by atoms with Crippen LogP contribution in [0.2, 0.25) is 0 Å². The second-order valence-corrected chi connectivity index (χ2v) is 7.04. The highest BCUT2D eigenvalue weighted by Gasteiger charge is 2.22. The van der Waals surface area contributed by atoms with Gasteiger partial charge in [0.2, 0.25) is 0 Å². The molecular weight excluding hydrogens is 302 g/mol. The van der Waals surface area contributed by atoms with Crippen molar-refractivity contribution in [1.82, 2.24) is 14.7 Å². The largest absolute Gasteiger partial charge is 0.390 e. The number of aliphatic hydroxyl groups excluding tert-OH is 1. The number of aliphatic hydroxyl groups is 1. The summed E-state index contributed by atoms with van der Waals surface area (Å²) in [5.74, 6) is 0. The third-order valence-corrected chi connectivity index (χ3v) is 5.22. The fourth-order valence-electron chi connectivity index (χ4n) is 3.78. The van der Waals surface area contributed by atoms with Crippen LogP contribution in [-0.2, 0) is 17.7 Å². The van der Waals surface area contributed by atoms with E-state index in [9.17, 15) is 5.11 Å². The third-order valence-electron chi connectivity index (χ3n) is 5.22. The van der Waals surface area contributed by atoms with Crippen molar-refractivity contribution in [3.63, 3.8) is 0 Å². The monoisotopic (exact) mass is 333 g/mol. The van der Waals surface area contributed by atoms with Crippen LogP contribution in [-0.4, -0.2) is 92.0 Å². The molecule has 24 heavy (non-hydrogen) atoms. The molecular formula is C19H31N3O2. The summed E-state index contributed by atoms with van der Waals surface area (Å²) in [6.07, 6.45) is 0.835. The summed E-state index contributed by atoms with van der Waals surface area (Å²) in [5, 5.41) is 10.5. The highest BCUT2D eigenvalue weighted by Crippen LogP contribution is 2.18. The first-order valence-corrected chi connectivity index (χ1v) is 9.15. The van der Waals surface area contributed by atoms with E-state index in [1.165, 1.54) is 11.1 Å². The molecule has 3 rings (SSSR count). The fourth-order valence-corrected chi connectivity index (χ4v) is 3.78. The van der Waals surface area contributed by atoms with Gasteiger partial charge < -0.3 is 9.84 Å². The highest BCUT2D eigenvalue weighted by atomic mass is 16.5. The lowest BCUT2D eigenvalue weighted by Gasteiger charge is -2.36. The van der Waals surface area contributed by atoms with Gasteiger partial charge in [0.15, 0.2) is 0 Å². The molecule has 0 aromatic heterocycles. The lowest BCUT2D eigenvalue weighted by Crippen LogP contribution is -2.50. The number of nitrogens with zero attached hydrogens (tertiary/aromatic N) is 3. The van der Waals surface area contributed by atoms with Gasteiger partial charge in [-0.15, -0.1) is 0 Å². The number of hydrogen-bond acceptors (Lipinski definition) is 5. The number of ether oxygens (including phenoxy) is 1. The molecule has 0 bridgehead atoms. The predicted molar refractivity (Wildman–Crippen MR) is 96.2 cm³/mol. The second kappa shape index (κ2) is 8.92. The number of piperazine rings is 1. The molecule has 0 spiro atoms. The first kappa shape index (κ1) is 17.8. The summed E-state index contributed by atoms with van der Waals surface area (Å²) < 4.78 is 5.14. The number of rotatable bonds is 7. The van der Waals surface area contributed by atoms with E-state index in [4.69, 9.17) is 4.74 Å². The minimum Gasteiger partial charge on any atom is -0.390 e. The van der Waals surface area contributed by atoms with Crippen molar-refractivity contribution in [1.29, 1.82) is 0 Å². The molecule has 1 saturated heterocycles. The van der Waals surface area contributed by atoms with Crippen molar-refractivity contribution in [2.45, 2.75) is 19.1 Å². The average Bonchev–Trinajstić information content (AvgIpc) is 2.61. The zero-order valence-corrected chi connectivity index (χ0v) is 14.9. The molecule has 0 saturated carbocycles. The normalized spacial score (nSPS) is 21.6. The van der Waals surface area contributed by atoms with E-state index in [-0.39, 0.29) is 6.10 Å². The average molecular weight is 333 g/mol. The molecule has 0 aliphatic carbocycles. The number of methoxy groups -OCH3 is 1. The Hall–Kier alpha value is -0.980. The molecule has 0 amide bonds. The Morgan fingerprint density at radius 2 is 1.62 bits per heavy atom. The summed E-state index contributed by atoms with van der Waals surface area (Å²) >= 11 is 0. The quantitative estimate of drug-likeness (QED) is 0.794. The van der Waals surface area contributed by atoms with E-state index < -0.39 is 0 Å². The third kappa shape index (κ3) is 5.01. The van der Waals surface area contributed by atoms with E-state index in [2.05, 4.69) is 39.0 Å². The molecule has 1 fully saturated rings. The SMILES string of the molecule is COCCN1CCN(C[C@H](O)CN2CCc3ccccc3C2)CC1. The van der Waals surface area contributed by atoms with Crippen molar-refractivity contribution < 1.29 is 9.84 Å². The van der Waals surface area contributed by atoms with Gasteiger partial charge in [-0.2, -0.15) is 0 Å². The summed E-state index contributed by atoms with van der Waals surface area (Å²) in [6.45, 7) is 9.65. The van der Waals surface area contributed by atoms with Crippen LogP contribution in [0.4, 0.5) is 0 Å². The van der Waals surface area contributed by atoms with Crippen molar-refractivity contribution in [2.24, 2.45) is 0 Å². The minimum atomic E-state index is -0.263. The highest BCUT2D eigenvalue weighted by molar-refractivity contribution is 5.29. The lowest BCUT2D eigenvalue weighted by molar-refractivity contribution is 0.0419. The predicted octanol–water partition coefficient (Wildman–Crippen LogP) is 0.670. The molecule has 1 aromatic rings. The topological polar surface area (TPSA) is 39.2 Å². The maximum Gasteiger partial charge on any atom is 0.0793 e. The molecule has 0 unspecified atom stereocenters. The smallest absolute Gasteiger partial charge is 0.0793 e. The first-order chi connectivity index (χ1) is 11.7. The molecule has 134 valence electrons. The molecule has 1 N–H and O–H groups in total. The fraction of sp³-hybridized carbons (Fsp3) is 0.684. The lowest BCUT2D eigenvalue weighted by atomic mass is 10.00. The van der Waals surface area contributed by atoms with Crippen LogP contribution in [0.5, 0.6) is 0 Å². The van der Waals surface area contributed by atoms with Gasteiger partial charge >= 0.3 is 0 Å². The first-order valence-electron chi connectivity index (χ1n) is 9.15. The van der Waals surface area contributed by atoms with Gasteiger partial charge in [0, 0.05) is 66.0 Å². The van der Waals surface area contributed by atoms with Gasteiger partial charge in [-0.3, -0.25) is 14.7 Å².